The summed E-state index contributed by atoms with van der Waals surface area (Å²) in [6.45, 7) is 9.42. The van der Waals surface area contributed by atoms with Crippen LogP contribution in [0.5, 0.6) is 11.5 Å². The number of rotatable bonds is 7. The quantitative estimate of drug-likeness (QED) is 0.810. The average molecular weight is 320 g/mol. The van der Waals surface area contributed by atoms with Crippen LogP contribution in [-0.4, -0.2) is 25.8 Å². The van der Waals surface area contributed by atoms with Crippen LogP contribution in [0.1, 0.15) is 46.1 Å². The lowest BCUT2D eigenvalue weighted by molar-refractivity contribution is -0.131. The fourth-order valence-electron chi connectivity index (χ4n) is 2.86. The Labute approximate surface area is 138 Å². The van der Waals surface area contributed by atoms with Crippen LogP contribution in [0.3, 0.4) is 0 Å². The molecule has 1 heterocycles. The van der Waals surface area contributed by atoms with Crippen molar-refractivity contribution in [2.45, 2.75) is 46.0 Å². The molecule has 2 rings (SSSR count). The first-order valence-electron chi connectivity index (χ1n) is 8.27. The van der Waals surface area contributed by atoms with E-state index < -0.39 is 5.41 Å². The minimum atomic E-state index is -0.467. The van der Waals surface area contributed by atoms with Gasteiger partial charge in [-0.2, -0.15) is 0 Å². The Morgan fingerprint density at radius 2 is 1.87 bits per heavy atom. The Morgan fingerprint density at radius 3 is 2.48 bits per heavy atom. The standard InChI is InChI=1S/C18H28N2O3/c1-5-18(6-2,10-19)16(21)20-11-17(3,4)13-7-8-14-15(9-13)23-12-22-14/h7-9H,5-6,10-12,19H2,1-4H3,(H,20,21). The summed E-state index contributed by atoms with van der Waals surface area (Å²) in [5, 5.41) is 3.09. The van der Waals surface area contributed by atoms with E-state index in [4.69, 9.17) is 15.2 Å². The van der Waals surface area contributed by atoms with Crippen LogP contribution in [0.25, 0.3) is 0 Å². The molecule has 0 unspecified atom stereocenters. The Kier molecular flexibility index (Phi) is 5.19. The predicted molar refractivity (Wildman–Crippen MR) is 90.7 cm³/mol. The molecule has 0 saturated heterocycles. The van der Waals surface area contributed by atoms with E-state index in [2.05, 4.69) is 19.2 Å². The molecule has 0 aromatic heterocycles. The third-order valence-corrected chi connectivity index (χ3v) is 5.07. The zero-order valence-electron chi connectivity index (χ0n) is 14.6. The summed E-state index contributed by atoms with van der Waals surface area (Å²) < 4.78 is 10.8. The minimum Gasteiger partial charge on any atom is -0.454 e. The number of amides is 1. The first-order chi connectivity index (χ1) is 10.9. The monoisotopic (exact) mass is 320 g/mol. The van der Waals surface area contributed by atoms with Crippen LogP contribution < -0.4 is 20.5 Å². The molecular formula is C18H28N2O3. The number of hydrogen-bond acceptors (Lipinski definition) is 4. The number of fused-ring (bicyclic) bond motifs is 1. The third kappa shape index (κ3) is 3.44. The van der Waals surface area contributed by atoms with Crippen molar-refractivity contribution in [3.8, 4) is 11.5 Å². The van der Waals surface area contributed by atoms with Crippen LogP contribution in [0.4, 0.5) is 0 Å². The molecule has 0 fully saturated rings. The van der Waals surface area contributed by atoms with Gasteiger partial charge in [0.25, 0.3) is 0 Å². The summed E-state index contributed by atoms with van der Waals surface area (Å²) in [6, 6.07) is 5.93. The number of hydrogen-bond donors (Lipinski definition) is 2. The van der Waals surface area contributed by atoms with Gasteiger partial charge in [-0.05, 0) is 30.5 Å². The van der Waals surface area contributed by atoms with Crippen molar-refractivity contribution in [2.24, 2.45) is 11.1 Å². The molecule has 0 aliphatic carbocycles. The van der Waals surface area contributed by atoms with Crippen molar-refractivity contribution in [3.05, 3.63) is 23.8 Å². The van der Waals surface area contributed by atoms with E-state index in [0.717, 1.165) is 29.9 Å². The Balaban J connectivity index is 2.08. The zero-order valence-corrected chi connectivity index (χ0v) is 14.6. The van der Waals surface area contributed by atoms with Crippen LogP contribution >= 0.6 is 0 Å². The number of carbonyl (C=O) groups excluding carboxylic acids is 1. The van der Waals surface area contributed by atoms with Gasteiger partial charge in [-0.1, -0.05) is 33.8 Å². The van der Waals surface area contributed by atoms with Gasteiger partial charge in [-0.3, -0.25) is 4.79 Å². The molecule has 1 amide bonds. The number of carbonyl (C=O) groups is 1. The highest BCUT2D eigenvalue weighted by Gasteiger charge is 2.34. The van der Waals surface area contributed by atoms with Gasteiger partial charge in [-0.15, -0.1) is 0 Å². The molecule has 0 saturated carbocycles. The zero-order chi connectivity index (χ0) is 17.1. The maximum Gasteiger partial charge on any atom is 0.231 e. The Bertz CT molecular complexity index is 557. The SMILES string of the molecule is CCC(CC)(CN)C(=O)NCC(C)(C)c1ccc2c(c1)OCO2. The fraction of sp³-hybridized carbons (Fsp3) is 0.611. The lowest BCUT2D eigenvalue weighted by Crippen LogP contribution is -2.48. The largest absolute Gasteiger partial charge is 0.454 e. The molecule has 128 valence electrons. The smallest absolute Gasteiger partial charge is 0.231 e. The van der Waals surface area contributed by atoms with E-state index in [1.54, 1.807) is 0 Å². The lowest BCUT2D eigenvalue weighted by atomic mass is 9.80. The number of nitrogens with two attached hydrogens (primary N) is 1. The molecule has 1 aromatic rings. The van der Waals surface area contributed by atoms with E-state index in [0.29, 0.717) is 13.1 Å². The molecule has 23 heavy (non-hydrogen) atoms. The van der Waals surface area contributed by atoms with Gasteiger partial charge in [-0.25, -0.2) is 0 Å². The van der Waals surface area contributed by atoms with Crippen molar-refractivity contribution in [2.75, 3.05) is 19.9 Å². The second-order valence-corrected chi connectivity index (χ2v) is 6.83. The first kappa shape index (κ1) is 17.6. The van der Waals surface area contributed by atoms with Crippen molar-refractivity contribution in [1.29, 1.82) is 0 Å². The van der Waals surface area contributed by atoms with Gasteiger partial charge in [0.1, 0.15) is 0 Å². The second kappa shape index (κ2) is 6.79. The molecule has 1 aromatic carbocycles. The highest BCUT2D eigenvalue weighted by Crippen LogP contribution is 2.36. The Morgan fingerprint density at radius 1 is 1.22 bits per heavy atom. The van der Waals surface area contributed by atoms with Gasteiger partial charge < -0.3 is 20.5 Å². The molecule has 1 aliphatic rings. The summed E-state index contributed by atoms with van der Waals surface area (Å²) in [4.78, 5) is 12.6. The van der Waals surface area contributed by atoms with E-state index in [1.807, 2.05) is 32.0 Å². The van der Waals surface area contributed by atoms with E-state index in [9.17, 15) is 4.79 Å². The van der Waals surface area contributed by atoms with Gasteiger partial charge in [0.05, 0.1) is 5.41 Å². The molecule has 3 N–H and O–H groups in total. The molecule has 0 radical (unpaired) electrons. The first-order valence-corrected chi connectivity index (χ1v) is 8.27. The summed E-state index contributed by atoms with van der Waals surface area (Å²) >= 11 is 0. The second-order valence-electron chi connectivity index (χ2n) is 6.83. The van der Waals surface area contributed by atoms with Gasteiger partial charge in [0.15, 0.2) is 11.5 Å². The summed E-state index contributed by atoms with van der Waals surface area (Å²) in [7, 11) is 0. The molecule has 5 heteroatoms. The normalized spacial score (nSPS) is 14.0. The van der Waals surface area contributed by atoms with Gasteiger partial charge >= 0.3 is 0 Å². The van der Waals surface area contributed by atoms with Crippen LogP contribution in [0, 0.1) is 5.41 Å². The van der Waals surface area contributed by atoms with E-state index >= 15 is 0 Å². The molecule has 1 aliphatic heterocycles. The highest BCUT2D eigenvalue weighted by atomic mass is 16.7. The predicted octanol–water partition coefficient (Wildman–Crippen LogP) is 2.57. The molecular weight excluding hydrogens is 292 g/mol. The Hall–Kier alpha value is -1.75. The molecule has 5 nitrogen and oxygen atoms in total. The van der Waals surface area contributed by atoms with Gasteiger partial charge in [0.2, 0.25) is 12.7 Å². The van der Waals surface area contributed by atoms with Gasteiger partial charge in [0, 0.05) is 18.5 Å². The fourth-order valence-corrected chi connectivity index (χ4v) is 2.86. The van der Waals surface area contributed by atoms with Crippen molar-refractivity contribution >= 4 is 5.91 Å². The maximum absolute atomic E-state index is 12.6. The van der Waals surface area contributed by atoms with Crippen molar-refractivity contribution in [1.82, 2.24) is 5.32 Å². The summed E-state index contributed by atoms with van der Waals surface area (Å²) in [5.74, 6) is 1.58. The van der Waals surface area contributed by atoms with Crippen LogP contribution in [0.15, 0.2) is 18.2 Å². The summed E-state index contributed by atoms with van der Waals surface area (Å²) in [5.41, 5.74) is 6.28. The highest BCUT2D eigenvalue weighted by molar-refractivity contribution is 5.82. The van der Waals surface area contributed by atoms with Crippen LogP contribution in [0.2, 0.25) is 0 Å². The van der Waals surface area contributed by atoms with E-state index in [-0.39, 0.29) is 18.1 Å². The number of nitrogens with one attached hydrogen (secondary N) is 1. The molecule has 0 atom stereocenters. The molecule has 0 spiro atoms. The average Bonchev–Trinajstić information content (AvgIpc) is 3.03. The lowest BCUT2D eigenvalue weighted by Gasteiger charge is -2.32. The third-order valence-electron chi connectivity index (χ3n) is 5.07. The topological polar surface area (TPSA) is 73.6 Å². The molecule has 0 bridgehead atoms. The number of ether oxygens (including phenoxy) is 2. The van der Waals surface area contributed by atoms with Crippen molar-refractivity contribution in [3.63, 3.8) is 0 Å². The summed E-state index contributed by atoms with van der Waals surface area (Å²) in [6.07, 6.45) is 1.49. The maximum atomic E-state index is 12.6. The minimum absolute atomic E-state index is 0.0406. The number of benzene rings is 1. The van der Waals surface area contributed by atoms with Crippen LogP contribution in [-0.2, 0) is 10.2 Å². The van der Waals surface area contributed by atoms with E-state index in [1.165, 1.54) is 0 Å². The van der Waals surface area contributed by atoms with Crippen molar-refractivity contribution < 1.29 is 14.3 Å².